The molecule has 0 radical (unpaired) electrons. The molecular weight excluding hydrogens is 326 g/mol. The molecule has 0 fully saturated rings. The van der Waals surface area contributed by atoms with Crippen molar-refractivity contribution in [3.63, 3.8) is 0 Å². The Kier molecular flexibility index (Phi) is 5.52. The second-order valence-electron chi connectivity index (χ2n) is 6.32. The highest BCUT2D eigenvalue weighted by Gasteiger charge is 2.25. The summed E-state index contributed by atoms with van der Waals surface area (Å²) in [7, 11) is 0. The van der Waals surface area contributed by atoms with Crippen molar-refractivity contribution >= 4 is 11.6 Å². The van der Waals surface area contributed by atoms with Gasteiger partial charge in [0, 0.05) is 28.9 Å². The summed E-state index contributed by atoms with van der Waals surface area (Å²) in [6, 6.07) is 2.26. The smallest absolute Gasteiger partial charge is 0.195 e. The maximum atomic E-state index is 13.9. The lowest BCUT2D eigenvalue weighted by atomic mass is 10.0. The first kappa shape index (κ1) is 19.0. The third-order valence-electron chi connectivity index (χ3n) is 4.36. The minimum absolute atomic E-state index is 0.104. The Labute approximate surface area is 145 Å². The molecule has 6 heteroatoms. The second-order valence-corrected chi connectivity index (χ2v) is 6.32. The van der Waals surface area contributed by atoms with Crippen LogP contribution in [0.3, 0.4) is 0 Å². The summed E-state index contributed by atoms with van der Waals surface area (Å²) in [5, 5.41) is 3.02. The molecule has 1 aromatic carbocycles. The van der Waals surface area contributed by atoms with Gasteiger partial charge in [0.2, 0.25) is 0 Å². The topological polar surface area (TPSA) is 62.0 Å². The lowest BCUT2D eigenvalue weighted by Crippen LogP contribution is -2.36. The van der Waals surface area contributed by atoms with E-state index in [0.717, 1.165) is 6.07 Å². The Morgan fingerprint density at radius 3 is 2.32 bits per heavy atom. The molecule has 0 aliphatic heterocycles. The molecule has 134 valence electrons. The van der Waals surface area contributed by atoms with Gasteiger partial charge >= 0.3 is 0 Å². The van der Waals surface area contributed by atoms with Crippen LogP contribution < -0.4 is 5.32 Å². The van der Waals surface area contributed by atoms with Crippen LogP contribution in [0.15, 0.2) is 18.2 Å². The molecule has 1 aromatic heterocycles. The molecular formula is C19H22F2N2O2. The van der Waals surface area contributed by atoms with Crippen LogP contribution in [0.2, 0.25) is 0 Å². The number of Topliss-reactive ketones (excluding diaryl/α,β-unsaturated/α-hetero) is 2. The molecule has 0 saturated carbocycles. The van der Waals surface area contributed by atoms with E-state index in [1.54, 1.807) is 27.7 Å². The third-order valence-corrected chi connectivity index (χ3v) is 4.36. The molecule has 25 heavy (non-hydrogen) atoms. The molecule has 0 unspecified atom stereocenters. The van der Waals surface area contributed by atoms with Crippen molar-refractivity contribution in [2.24, 2.45) is 0 Å². The fraction of sp³-hybridized carbons (Fsp3) is 0.368. The average Bonchev–Trinajstić information content (AvgIpc) is 2.80. The second kappa shape index (κ2) is 7.27. The SMILES string of the molecule is CC(=O)c1c(C)[nH]c(C(=O)[C@H](C)N[C@@H](C)c2ccc(F)cc2F)c1C. The van der Waals surface area contributed by atoms with E-state index in [1.165, 1.54) is 19.1 Å². The van der Waals surface area contributed by atoms with E-state index in [0.29, 0.717) is 22.5 Å². The van der Waals surface area contributed by atoms with Gasteiger partial charge in [-0.05, 0) is 46.2 Å². The van der Waals surface area contributed by atoms with Gasteiger partial charge in [-0.15, -0.1) is 0 Å². The fourth-order valence-electron chi connectivity index (χ4n) is 3.13. The van der Waals surface area contributed by atoms with Gasteiger partial charge in [0.05, 0.1) is 11.7 Å². The number of aryl methyl sites for hydroxylation is 1. The largest absolute Gasteiger partial charge is 0.355 e. The van der Waals surface area contributed by atoms with Crippen molar-refractivity contribution in [1.82, 2.24) is 10.3 Å². The Morgan fingerprint density at radius 2 is 1.80 bits per heavy atom. The number of benzene rings is 1. The molecule has 0 amide bonds. The number of carbonyl (C=O) groups is 2. The molecule has 2 rings (SSSR count). The van der Waals surface area contributed by atoms with Crippen molar-refractivity contribution < 1.29 is 18.4 Å². The Balaban J connectivity index is 2.20. The zero-order chi connectivity index (χ0) is 18.9. The minimum atomic E-state index is -0.662. The summed E-state index contributed by atoms with van der Waals surface area (Å²) < 4.78 is 26.9. The van der Waals surface area contributed by atoms with Gasteiger partial charge < -0.3 is 10.3 Å². The van der Waals surface area contributed by atoms with E-state index in [9.17, 15) is 18.4 Å². The summed E-state index contributed by atoms with van der Waals surface area (Å²) in [6.45, 7) is 8.30. The monoisotopic (exact) mass is 348 g/mol. The first-order valence-electron chi connectivity index (χ1n) is 8.08. The van der Waals surface area contributed by atoms with E-state index < -0.39 is 23.7 Å². The number of hydrogen-bond donors (Lipinski definition) is 2. The van der Waals surface area contributed by atoms with Crippen LogP contribution in [0.5, 0.6) is 0 Å². The average molecular weight is 348 g/mol. The maximum Gasteiger partial charge on any atom is 0.195 e. The van der Waals surface area contributed by atoms with Gasteiger partial charge in [-0.3, -0.25) is 9.59 Å². The van der Waals surface area contributed by atoms with Crippen molar-refractivity contribution in [2.75, 3.05) is 0 Å². The van der Waals surface area contributed by atoms with Gasteiger partial charge in [-0.2, -0.15) is 0 Å². The number of rotatable bonds is 6. The number of carbonyl (C=O) groups excluding carboxylic acids is 2. The standard InChI is InChI=1S/C19H22F2N2O2/c1-9-17(13(5)24)11(3)23-18(9)19(25)12(4)22-10(2)15-7-6-14(20)8-16(15)21/h6-8,10,12,22-23H,1-5H3/t10-,12-/m0/s1. The summed E-state index contributed by atoms with van der Waals surface area (Å²) in [5.74, 6) is -1.63. The lowest BCUT2D eigenvalue weighted by molar-refractivity contribution is 0.0940. The summed E-state index contributed by atoms with van der Waals surface area (Å²) in [4.78, 5) is 27.4. The molecule has 2 aromatic rings. The van der Waals surface area contributed by atoms with Crippen LogP contribution in [-0.4, -0.2) is 22.6 Å². The molecule has 0 bridgehead atoms. The highest BCUT2D eigenvalue weighted by molar-refractivity contribution is 6.05. The molecule has 0 saturated heterocycles. The Morgan fingerprint density at radius 1 is 1.16 bits per heavy atom. The number of aromatic amines is 1. The highest BCUT2D eigenvalue weighted by Crippen LogP contribution is 2.22. The van der Waals surface area contributed by atoms with Crippen LogP contribution in [-0.2, 0) is 0 Å². The van der Waals surface area contributed by atoms with Gasteiger partial charge in [0.15, 0.2) is 11.6 Å². The summed E-state index contributed by atoms with van der Waals surface area (Å²) in [5.41, 5.74) is 2.44. The molecule has 0 aliphatic carbocycles. The summed E-state index contributed by atoms with van der Waals surface area (Å²) in [6.07, 6.45) is 0. The molecule has 0 spiro atoms. The van der Waals surface area contributed by atoms with Crippen LogP contribution in [0.4, 0.5) is 8.78 Å². The van der Waals surface area contributed by atoms with E-state index >= 15 is 0 Å². The van der Waals surface area contributed by atoms with Crippen LogP contribution in [0, 0.1) is 25.5 Å². The van der Waals surface area contributed by atoms with Crippen LogP contribution in [0.25, 0.3) is 0 Å². The van der Waals surface area contributed by atoms with E-state index in [4.69, 9.17) is 0 Å². The fourth-order valence-corrected chi connectivity index (χ4v) is 3.13. The summed E-state index contributed by atoms with van der Waals surface area (Å²) >= 11 is 0. The predicted octanol–water partition coefficient (Wildman–Crippen LogP) is 4.03. The lowest BCUT2D eigenvalue weighted by Gasteiger charge is -2.20. The van der Waals surface area contributed by atoms with E-state index in [-0.39, 0.29) is 17.1 Å². The van der Waals surface area contributed by atoms with Crippen molar-refractivity contribution in [1.29, 1.82) is 0 Å². The third kappa shape index (κ3) is 3.85. The number of nitrogens with one attached hydrogen (secondary N) is 2. The van der Waals surface area contributed by atoms with E-state index in [1.807, 2.05) is 0 Å². The molecule has 1 heterocycles. The Bertz CT molecular complexity index is 827. The first-order valence-corrected chi connectivity index (χ1v) is 8.08. The van der Waals surface area contributed by atoms with Crippen LogP contribution >= 0.6 is 0 Å². The zero-order valence-electron chi connectivity index (χ0n) is 15.0. The number of ketones is 2. The van der Waals surface area contributed by atoms with Gasteiger partial charge in [-0.1, -0.05) is 6.07 Å². The maximum absolute atomic E-state index is 13.9. The number of aromatic nitrogens is 1. The van der Waals surface area contributed by atoms with Gasteiger partial charge in [0.1, 0.15) is 11.6 Å². The van der Waals surface area contributed by atoms with Crippen molar-refractivity contribution in [2.45, 2.75) is 46.7 Å². The quantitative estimate of drug-likeness (QED) is 0.775. The molecule has 2 N–H and O–H groups in total. The number of halogens is 2. The molecule has 2 atom stereocenters. The van der Waals surface area contributed by atoms with Gasteiger partial charge in [0.25, 0.3) is 0 Å². The minimum Gasteiger partial charge on any atom is -0.355 e. The molecule has 0 aliphatic rings. The molecule has 4 nitrogen and oxygen atoms in total. The van der Waals surface area contributed by atoms with Crippen LogP contribution in [0.1, 0.15) is 64.5 Å². The first-order chi connectivity index (χ1) is 11.6. The number of hydrogen-bond acceptors (Lipinski definition) is 3. The highest BCUT2D eigenvalue weighted by atomic mass is 19.1. The Hall–Kier alpha value is -2.34. The zero-order valence-corrected chi connectivity index (χ0v) is 15.0. The van der Waals surface area contributed by atoms with Gasteiger partial charge in [-0.25, -0.2) is 8.78 Å². The van der Waals surface area contributed by atoms with Crippen molar-refractivity contribution in [3.8, 4) is 0 Å². The van der Waals surface area contributed by atoms with E-state index in [2.05, 4.69) is 10.3 Å². The predicted molar refractivity (Wildman–Crippen MR) is 92.0 cm³/mol. The number of H-pyrrole nitrogens is 1. The normalized spacial score (nSPS) is 13.6. The van der Waals surface area contributed by atoms with Crippen molar-refractivity contribution in [3.05, 3.63) is 57.9 Å².